The average Bonchev–Trinajstić information content (AvgIpc) is 2.49. The van der Waals surface area contributed by atoms with E-state index in [2.05, 4.69) is 26.7 Å². The van der Waals surface area contributed by atoms with Crippen LogP contribution in [0.2, 0.25) is 0 Å². The fourth-order valence-corrected chi connectivity index (χ4v) is 3.45. The molecule has 0 unspecified atom stereocenters. The standard InChI is InChI=1S/C16H26N4/c1-12-18-15(13-7-9-17-10-8-13)11-16(19-12)20-14-5-3-2-4-6-14/h11,13-14,17H,2-10H2,1H3,(H,18,19,20). The molecule has 20 heavy (non-hydrogen) atoms. The molecule has 1 saturated carbocycles. The monoisotopic (exact) mass is 274 g/mol. The van der Waals surface area contributed by atoms with Gasteiger partial charge in [-0.25, -0.2) is 9.97 Å². The largest absolute Gasteiger partial charge is 0.367 e. The molecule has 2 N–H and O–H groups in total. The van der Waals surface area contributed by atoms with Crippen LogP contribution in [0.15, 0.2) is 6.07 Å². The smallest absolute Gasteiger partial charge is 0.130 e. The quantitative estimate of drug-likeness (QED) is 0.889. The molecule has 0 amide bonds. The Labute approximate surface area is 121 Å². The number of aromatic nitrogens is 2. The molecule has 0 atom stereocenters. The summed E-state index contributed by atoms with van der Waals surface area (Å²) in [7, 11) is 0. The van der Waals surface area contributed by atoms with E-state index in [-0.39, 0.29) is 0 Å². The molecule has 110 valence electrons. The zero-order valence-corrected chi connectivity index (χ0v) is 12.5. The van der Waals surface area contributed by atoms with Gasteiger partial charge < -0.3 is 10.6 Å². The predicted molar refractivity (Wildman–Crippen MR) is 82.1 cm³/mol. The summed E-state index contributed by atoms with van der Waals surface area (Å²) in [5, 5.41) is 7.05. The van der Waals surface area contributed by atoms with E-state index in [0.29, 0.717) is 12.0 Å². The maximum Gasteiger partial charge on any atom is 0.130 e. The highest BCUT2D eigenvalue weighted by atomic mass is 15.0. The number of anilines is 1. The third kappa shape index (κ3) is 3.48. The first kappa shape index (κ1) is 13.8. The van der Waals surface area contributed by atoms with Gasteiger partial charge in [0.25, 0.3) is 0 Å². The second-order valence-electron chi connectivity index (χ2n) is 6.23. The van der Waals surface area contributed by atoms with E-state index in [1.165, 1.54) is 50.6 Å². The van der Waals surface area contributed by atoms with Crippen LogP contribution in [0.1, 0.15) is 62.4 Å². The first-order chi connectivity index (χ1) is 9.81. The molecule has 2 fully saturated rings. The second kappa shape index (κ2) is 6.53. The second-order valence-corrected chi connectivity index (χ2v) is 6.23. The van der Waals surface area contributed by atoms with Crippen molar-refractivity contribution in [2.45, 2.75) is 63.8 Å². The average molecular weight is 274 g/mol. The Hall–Kier alpha value is -1.16. The number of rotatable bonds is 3. The minimum absolute atomic E-state index is 0.602. The van der Waals surface area contributed by atoms with E-state index in [4.69, 9.17) is 0 Å². The molecule has 0 radical (unpaired) electrons. The van der Waals surface area contributed by atoms with Gasteiger partial charge in [-0.1, -0.05) is 19.3 Å². The summed E-state index contributed by atoms with van der Waals surface area (Å²) in [6.07, 6.45) is 9.04. The van der Waals surface area contributed by atoms with Crippen LogP contribution in [0, 0.1) is 6.92 Å². The lowest BCUT2D eigenvalue weighted by molar-refractivity contribution is 0.450. The van der Waals surface area contributed by atoms with Gasteiger partial charge in [0.1, 0.15) is 11.6 Å². The zero-order chi connectivity index (χ0) is 13.8. The van der Waals surface area contributed by atoms with E-state index in [1.54, 1.807) is 0 Å². The van der Waals surface area contributed by atoms with E-state index in [9.17, 15) is 0 Å². The Kier molecular flexibility index (Phi) is 4.51. The minimum Gasteiger partial charge on any atom is -0.367 e. The van der Waals surface area contributed by atoms with E-state index in [0.717, 1.165) is 24.7 Å². The highest BCUT2D eigenvalue weighted by Gasteiger charge is 2.19. The Morgan fingerprint density at radius 1 is 1.05 bits per heavy atom. The fraction of sp³-hybridized carbons (Fsp3) is 0.750. The number of hydrogen-bond acceptors (Lipinski definition) is 4. The van der Waals surface area contributed by atoms with Gasteiger partial charge in [0.05, 0.1) is 0 Å². The third-order valence-corrected chi connectivity index (χ3v) is 4.57. The maximum absolute atomic E-state index is 4.67. The normalized spacial score (nSPS) is 21.9. The summed E-state index contributed by atoms with van der Waals surface area (Å²) in [4.78, 5) is 9.26. The lowest BCUT2D eigenvalue weighted by Gasteiger charge is -2.25. The summed E-state index contributed by atoms with van der Waals surface area (Å²) < 4.78 is 0. The summed E-state index contributed by atoms with van der Waals surface area (Å²) >= 11 is 0. The maximum atomic E-state index is 4.67. The van der Waals surface area contributed by atoms with Gasteiger partial charge in [-0.2, -0.15) is 0 Å². The molecule has 0 bridgehead atoms. The summed E-state index contributed by atoms with van der Waals surface area (Å²) in [6, 6.07) is 2.80. The number of piperidine rings is 1. The van der Waals surface area contributed by atoms with Crippen molar-refractivity contribution >= 4 is 5.82 Å². The minimum atomic E-state index is 0.602. The molecule has 0 spiro atoms. The SMILES string of the molecule is Cc1nc(NC2CCCCC2)cc(C2CCNCC2)n1. The van der Waals surface area contributed by atoms with Crippen LogP contribution >= 0.6 is 0 Å². The van der Waals surface area contributed by atoms with Gasteiger partial charge in [-0.05, 0) is 45.7 Å². The molecule has 0 aromatic carbocycles. The first-order valence-corrected chi connectivity index (χ1v) is 8.14. The van der Waals surface area contributed by atoms with Crippen LogP contribution < -0.4 is 10.6 Å². The molecule has 1 aromatic heterocycles. The number of nitrogens with one attached hydrogen (secondary N) is 2. The molecular weight excluding hydrogens is 248 g/mol. The van der Waals surface area contributed by atoms with Crippen molar-refractivity contribution in [3.05, 3.63) is 17.6 Å². The van der Waals surface area contributed by atoms with Gasteiger partial charge >= 0.3 is 0 Å². The Bertz CT molecular complexity index is 434. The van der Waals surface area contributed by atoms with Gasteiger partial charge in [0, 0.05) is 23.7 Å². The molecule has 4 heteroatoms. The van der Waals surface area contributed by atoms with Gasteiger partial charge in [0.15, 0.2) is 0 Å². The summed E-state index contributed by atoms with van der Waals surface area (Å²) in [6.45, 7) is 4.23. The summed E-state index contributed by atoms with van der Waals surface area (Å²) in [5.41, 5.74) is 1.23. The first-order valence-electron chi connectivity index (χ1n) is 8.14. The van der Waals surface area contributed by atoms with Crippen molar-refractivity contribution in [3.63, 3.8) is 0 Å². The van der Waals surface area contributed by atoms with Crippen LogP contribution in [0.5, 0.6) is 0 Å². The molecule has 1 saturated heterocycles. The van der Waals surface area contributed by atoms with Crippen molar-refractivity contribution in [2.75, 3.05) is 18.4 Å². The Morgan fingerprint density at radius 2 is 1.80 bits per heavy atom. The molecule has 1 aromatic rings. The van der Waals surface area contributed by atoms with Crippen molar-refractivity contribution in [1.82, 2.24) is 15.3 Å². The molecule has 1 aliphatic carbocycles. The fourth-order valence-electron chi connectivity index (χ4n) is 3.45. The molecule has 2 aliphatic rings. The van der Waals surface area contributed by atoms with Crippen LogP contribution in [-0.4, -0.2) is 29.1 Å². The van der Waals surface area contributed by atoms with E-state index in [1.807, 2.05) is 6.92 Å². The third-order valence-electron chi connectivity index (χ3n) is 4.57. The van der Waals surface area contributed by atoms with Crippen LogP contribution in [0.3, 0.4) is 0 Å². The van der Waals surface area contributed by atoms with Gasteiger partial charge in [-0.3, -0.25) is 0 Å². The van der Waals surface area contributed by atoms with Crippen molar-refractivity contribution in [3.8, 4) is 0 Å². The van der Waals surface area contributed by atoms with Crippen LogP contribution in [-0.2, 0) is 0 Å². The molecular formula is C16H26N4. The van der Waals surface area contributed by atoms with E-state index < -0.39 is 0 Å². The highest BCUT2D eigenvalue weighted by molar-refractivity contribution is 5.38. The zero-order valence-electron chi connectivity index (χ0n) is 12.5. The Morgan fingerprint density at radius 3 is 2.55 bits per heavy atom. The molecule has 1 aliphatic heterocycles. The lowest BCUT2D eigenvalue weighted by atomic mass is 9.93. The Balaban J connectivity index is 1.71. The number of aryl methyl sites for hydroxylation is 1. The summed E-state index contributed by atoms with van der Waals surface area (Å²) in [5.74, 6) is 2.54. The molecule has 2 heterocycles. The van der Waals surface area contributed by atoms with Crippen molar-refractivity contribution in [1.29, 1.82) is 0 Å². The topological polar surface area (TPSA) is 49.8 Å². The van der Waals surface area contributed by atoms with Crippen molar-refractivity contribution in [2.24, 2.45) is 0 Å². The van der Waals surface area contributed by atoms with E-state index >= 15 is 0 Å². The predicted octanol–water partition coefficient (Wildman–Crippen LogP) is 3.00. The van der Waals surface area contributed by atoms with Crippen molar-refractivity contribution < 1.29 is 0 Å². The van der Waals surface area contributed by atoms with Gasteiger partial charge in [-0.15, -0.1) is 0 Å². The van der Waals surface area contributed by atoms with Crippen LogP contribution in [0.25, 0.3) is 0 Å². The van der Waals surface area contributed by atoms with Gasteiger partial charge in [0.2, 0.25) is 0 Å². The number of nitrogens with zero attached hydrogens (tertiary/aromatic N) is 2. The molecule has 4 nitrogen and oxygen atoms in total. The molecule has 3 rings (SSSR count). The van der Waals surface area contributed by atoms with Crippen LogP contribution in [0.4, 0.5) is 5.82 Å². The number of hydrogen-bond donors (Lipinski definition) is 2. The lowest BCUT2D eigenvalue weighted by Crippen LogP contribution is -2.27. The highest BCUT2D eigenvalue weighted by Crippen LogP contribution is 2.26.